The van der Waals surface area contributed by atoms with Gasteiger partial charge in [-0.15, -0.1) is 0 Å². The highest BCUT2D eigenvalue weighted by Gasteiger charge is 2.47. The molecule has 28 nitrogen and oxygen atoms in total. The lowest BCUT2D eigenvalue weighted by atomic mass is 10.1. The van der Waals surface area contributed by atoms with E-state index in [4.69, 9.17) is 9.47 Å². The number of alkyl halides is 2. The Labute approximate surface area is 543 Å². The summed E-state index contributed by atoms with van der Waals surface area (Å²) in [6.07, 6.45) is 1.77. The van der Waals surface area contributed by atoms with Gasteiger partial charge in [0.2, 0.25) is 23.6 Å². The van der Waals surface area contributed by atoms with Crippen LogP contribution in [0.2, 0.25) is 0 Å². The first kappa shape index (κ1) is 74.3. The quantitative estimate of drug-likeness (QED) is 0.0355. The summed E-state index contributed by atoms with van der Waals surface area (Å²) in [7, 11) is 0. The lowest BCUT2D eigenvalue weighted by Gasteiger charge is -2.35. The van der Waals surface area contributed by atoms with Gasteiger partial charge in [0.25, 0.3) is 17.7 Å². The number of aliphatic hydroxyl groups excluding tert-OH is 1. The van der Waals surface area contributed by atoms with Crippen LogP contribution in [0.1, 0.15) is 53.6 Å². The minimum Gasteiger partial charge on any atom is -0.494 e. The molecule has 3 aliphatic rings. The maximum atomic E-state index is 13.9. The fourth-order valence-electron chi connectivity index (χ4n) is 10.8. The van der Waals surface area contributed by atoms with Gasteiger partial charge in [0.1, 0.15) is 23.9 Å². The molecule has 3 saturated heterocycles. The molecular weight excluding hydrogens is 1240 g/mol. The third kappa shape index (κ3) is 26.7. The van der Waals surface area contributed by atoms with Gasteiger partial charge in [0.05, 0.1) is 69.6 Å². The van der Waals surface area contributed by atoms with E-state index < -0.39 is 91.1 Å². The summed E-state index contributed by atoms with van der Waals surface area (Å²) in [6, 6.07) is 14.0. The number of aromatic nitrogens is 1. The third-order valence-electron chi connectivity index (χ3n) is 15.9. The lowest BCUT2D eigenvalue weighted by Crippen LogP contribution is -2.52. The average molecular weight is 1320 g/mol. The van der Waals surface area contributed by atoms with Gasteiger partial charge >= 0.3 is 17.9 Å². The normalized spacial score (nSPS) is 17.9. The van der Waals surface area contributed by atoms with Crippen LogP contribution in [0, 0.1) is 18.3 Å². The molecule has 3 fully saturated rings. The van der Waals surface area contributed by atoms with Crippen LogP contribution < -0.4 is 26.0 Å². The van der Waals surface area contributed by atoms with Crippen molar-refractivity contribution in [2.24, 2.45) is 0 Å². The van der Waals surface area contributed by atoms with Gasteiger partial charge in [-0.05, 0) is 62.4 Å². The minimum atomic E-state index is -3.19. The van der Waals surface area contributed by atoms with Crippen LogP contribution >= 0.6 is 11.8 Å². The number of halogens is 2. The SMILES string of the molecule is Cc1ccc(CCCC(=O)NCCOCC[C@H](NC(=O)CN2CCN(CC(=O)O)CCN(CC(=O)O)CCN(CC(=O)O)CC2)C(=O)NCCSC[C@@H](O)C(=O)N2CCN(CCCOc3ccc4nccc(C(=O)NCC(=O)N5CC(F)(F)C[C@@H]5C#N)c4c3)CC2)cc1. The number of carbonyl (C=O) groups is 9. The molecule has 3 aromatic rings. The maximum absolute atomic E-state index is 13.9. The highest BCUT2D eigenvalue weighted by molar-refractivity contribution is 7.99. The number of aryl methyl sites for hydroxylation is 2. The van der Waals surface area contributed by atoms with Crippen LogP contribution in [0.5, 0.6) is 5.75 Å². The molecule has 1 aromatic heterocycles. The summed E-state index contributed by atoms with van der Waals surface area (Å²) < 4.78 is 39.6. The van der Waals surface area contributed by atoms with E-state index in [2.05, 4.69) is 31.2 Å². The minimum absolute atomic E-state index is 0.0273. The standard InChI is InChI=1S/C62H87F2N13O15S/c1-44-6-8-45(9-7-44)4-2-5-53(79)67-15-32-91-31-13-51(70-54(80)38-72-18-20-73(39-56(82)83)22-24-75(41-58(86)87)25-23-74(21-19-72)40-57(84)85)60(89)68-16-33-93-42-52(78)61(90)76-28-26-71(27-29-76)17-3-30-92-47-10-11-50-49(34-47)48(12-14-66-50)59(88)69-37-55(81)77-43-62(63,64)35-46(77)36-65/h6-12,14,34,46,51-52,78H,2-5,13,15-33,35,37-43H2,1H3,(H,67,79)(H,68,89)(H,69,88)(H,70,80)(H,82,83)(H,84,85)(H,86,87)/t46-,51+,52-/m1/s1. The number of likely N-dealkylation sites (tertiary alicyclic amines) is 1. The maximum Gasteiger partial charge on any atom is 0.317 e. The Hall–Kier alpha value is -7.70. The van der Waals surface area contributed by atoms with Crippen molar-refractivity contribution in [3.63, 3.8) is 0 Å². The number of nitrogens with one attached hydrogen (secondary N) is 4. The largest absolute Gasteiger partial charge is 0.494 e. The smallest absolute Gasteiger partial charge is 0.317 e. The molecular formula is C62H87F2N13O15S. The number of thioether (sulfide) groups is 1. The molecule has 0 spiro atoms. The van der Waals surface area contributed by atoms with Crippen molar-refractivity contribution in [1.29, 1.82) is 5.26 Å². The van der Waals surface area contributed by atoms with Crippen molar-refractivity contribution in [2.45, 2.75) is 69.6 Å². The topological polar surface area (TPSA) is 360 Å². The molecule has 4 heterocycles. The number of nitriles is 1. The Kier molecular flexibility index (Phi) is 30.8. The molecule has 6 rings (SSSR count). The van der Waals surface area contributed by atoms with E-state index in [9.17, 15) is 77.6 Å². The number of hydrogen-bond acceptors (Lipinski definition) is 20. The number of carbonyl (C=O) groups excluding carboxylic acids is 6. The molecule has 3 atom stereocenters. The molecule has 31 heteroatoms. The Morgan fingerprint density at radius 2 is 1.34 bits per heavy atom. The van der Waals surface area contributed by atoms with Crippen molar-refractivity contribution in [1.82, 2.24) is 60.6 Å². The number of aliphatic carboxylic acids is 3. The molecule has 0 unspecified atom stereocenters. The monoisotopic (exact) mass is 1320 g/mol. The third-order valence-corrected chi connectivity index (χ3v) is 17.0. The summed E-state index contributed by atoms with van der Waals surface area (Å²) >= 11 is 1.25. The Morgan fingerprint density at radius 3 is 1.96 bits per heavy atom. The number of piperazine rings is 1. The van der Waals surface area contributed by atoms with Crippen molar-refractivity contribution in [2.75, 3.05) is 169 Å². The number of carboxylic acids is 3. The molecule has 0 saturated carbocycles. The molecule has 3 aliphatic heterocycles. The van der Waals surface area contributed by atoms with Gasteiger partial charge in [-0.1, -0.05) is 29.8 Å². The number of benzene rings is 2. The summed E-state index contributed by atoms with van der Waals surface area (Å²) in [4.78, 5) is 130. The van der Waals surface area contributed by atoms with Gasteiger partial charge in [-0.3, -0.25) is 72.6 Å². The fourth-order valence-corrected chi connectivity index (χ4v) is 11.6. The zero-order chi connectivity index (χ0) is 67.3. The lowest BCUT2D eigenvalue weighted by molar-refractivity contribution is -0.141. The first-order chi connectivity index (χ1) is 44.5. The number of pyridine rings is 1. The number of hydrogen-bond donors (Lipinski definition) is 8. The van der Waals surface area contributed by atoms with Crippen LogP contribution in [0.25, 0.3) is 10.9 Å². The number of fused-ring (bicyclic) bond motifs is 1. The summed E-state index contributed by atoms with van der Waals surface area (Å²) in [5, 5.41) is 60.4. The molecule has 0 aliphatic carbocycles. The van der Waals surface area contributed by atoms with Crippen molar-refractivity contribution >= 4 is 76.0 Å². The summed E-state index contributed by atoms with van der Waals surface area (Å²) in [5.41, 5.74) is 2.97. The van der Waals surface area contributed by atoms with E-state index >= 15 is 0 Å². The van der Waals surface area contributed by atoms with Gasteiger partial charge in [0.15, 0.2) is 0 Å². The second-order valence-electron chi connectivity index (χ2n) is 23.2. The Balaban J connectivity index is 0.932. The molecule has 93 heavy (non-hydrogen) atoms. The number of carboxylic acid groups (broad SMARTS) is 3. The first-order valence-electron chi connectivity index (χ1n) is 31.2. The van der Waals surface area contributed by atoms with Crippen LogP contribution in [0.3, 0.4) is 0 Å². The molecule has 0 bridgehead atoms. The van der Waals surface area contributed by atoms with Crippen LogP contribution in [-0.4, -0.2) is 306 Å². The van der Waals surface area contributed by atoms with Gasteiger partial charge in [-0.25, -0.2) is 8.78 Å². The molecule has 510 valence electrons. The van der Waals surface area contributed by atoms with Crippen molar-refractivity contribution in [3.8, 4) is 11.8 Å². The van der Waals surface area contributed by atoms with Crippen molar-refractivity contribution in [3.05, 3.63) is 71.4 Å². The predicted molar refractivity (Wildman–Crippen MR) is 337 cm³/mol. The average Bonchev–Trinajstić information content (AvgIpc) is 1.60. The predicted octanol–water partition coefficient (Wildman–Crippen LogP) is -0.338. The molecule has 8 N–H and O–H groups in total. The second kappa shape index (κ2) is 38.5. The number of amides is 6. The summed E-state index contributed by atoms with van der Waals surface area (Å²) in [6.45, 7) is 4.12. The van der Waals surface area contributed by atoms with Gasteiger partial charge < -0.3 is 61.0 Å². The fraction of sp³-hybridized carbons (Fsp3) is 0.597. The van der Waals surface area contributed by atoms with E-state index in [0.29, 0.717) is 81.0 Å². The zero-order valence-electron chi connectivity index (χ0n) is 52.5. The highest BCUT2D eigenvalue weighted by Crippen LogP contribution is 2.32. The number of rotatable bonds is 34. The van der Waals surface area contributed by atoms with Crippen LogP contribution in [0.4, 0.5) is 8.78 Å². The van der Waals surface area contributed by atoms with E-state index in [1.165, 1.54) is 24.0 Å². The molecule has 6 amide bonds. The number of ether oxygens (including phenoxy) is 2. The Bertz CT molecular complexity index is 3000. The van der Waals surface area contributed by atoms with E-state index in [-0.39, 0.29) is 128 Å². The van der Waals surface area contributed by atoms with E-state index in [1.54, 1.807) is 48.8 Å². The number of nitrogens with zero attached hydrogens (tertiary/aromatic N) is 9. The molecule has 2 aromatic carbocycles. The molecule has 0 radical (unpaired) electrons. The van der Waals surface area contributed by atoms with Gasteiger partial charge in [0, 0.05) is 141 Å². The van der Waals surface area contributed by atoms with Gasteiger partial charge in [-0.2, -0.15) is 17.0 Å². The highest BCUT2D eigenvalue weighted by atomic mass is 32.2. The zero-order valence-corrected chi connectivity index (χ0v) is 53.3. The van der Waals surface area contributed by atoms with E-state index in [1.807, 2.05) is 31.2 Å². The van der Waals surface area contributed by atoms with Crippen LogP contribution in [-0.2, 0) is 49.5 Å². The number of aliphatic hydroxyl groups is 1. The Morgan fingerprint density at radius 1 is 0.731 bits per heavy atom. The van der Waals surface area contributed by atoms with E-state index in [0.717, 1.165) is 22.4 Å². The van der Waals surface area contributed by atoms with Crippen LogP contribution in [0.15, 0.2) is 54.7 Å². The summed E-state index contributed by atoms with van der Waals surface area (Å²) in [5.74, 6) is -8.70. The van der Waals surface area contributed by atoms with Crippen molar-refractivity contribution < 1.29 is 81.8 Å². The second-order valence-corrected chi connectivity index (χ2v) is 24.3. The first-order valence-corrected chi connectivity index (χ1v) is 32.4.